The van der Waals surface area contributed by atoms with E-state index in [1.54, 1.807) is 55.6 Å². The molecule has 0 saturated carbocycles. The van der Waals surface area contributed by atoms with Gasteiger partial charge < -0.3 is 19.2 Å². The third-order valence-corrected chi connectivity index (χ3v) is 4.80. The van der Waals surface area contributed by atoms with Crippen LogP contribution in [0.25, 0.3) is 5.57 Å². The lowest BCUT2D eigenvalue weighted by Gasteiger charge is -2.26. The van der Waals surface area contributed by atoms with Gasteiger partial charge in [0, 0.05) is 5.57 Å². The molecule has 1 unspecified atom stereocenters. The minimum Gasteiger partial charge on any atom is -0.503 e. The zero-order valence-electron chi connectivity index (χ0n) is 15.1. The second-order valence-electron chi connectivity index (χ2n) is 6.46. The maximum absolute atomic E-state index is 13.5. The number of benzene rings is 2. The van der Waals surface area contributed by atoms with Gasteiger partial charge in [0.05, 0.1) is 26.0 Å². The highest BCUT2D eigenvalue weighted by atomic mass is 19.1. The number of furan rings is 1. The van der Waals surface area contributed by atoms with Crippen molar-refractivity contribution < 1.29 is 23.4 Å². The molecule has 0 saturated heterocycles. The molecule has 3 aromatic rings. The Morgan fingerprint density at radius 3 is 2.43 bits per heavy atom. The highest BCUT2D eigenvalue weighted by Crippen LogP contribution is 2.44. The van der Waals surface area contributed by atoms with Gasteiger partial charge in [0.1, 0.15) is 17.3 Å². The normalized spacial score (nSPS) is 16.7. The van der Waals surface area contributed by atoms with Crippen LogP contribution in [-0.2, 0) is 11.3 Å². The van der Waals surface area contributed by atoms with Gasteiger partial charge in [-0.05, 0) is 47.5 Å². The third kappa shape index (κ3) is 3.13. The van der Waals surface area contributed by atoms with Crippen molar-refractivity contribution in [3.05, 3.63) is 95.4 Å². The fraction of sp³-hybridized carbons (Fsp3) is 0.136. The molecular weight excluding hydrogens is 361 g/mol. The number of aliphatic hydroxyl groups is 1. The highest BCUT2D eigenvalue weighted by molar-refractivity contribution is 6.05. The first kappa shape index (κ1) is 17.9. The number of hydrogen-bond acceptors (Lipinski definition) is 4. The van der Waals surface area contributed by atoms with Gasteiger partial charge in [0.15, 0.2) is 5.76 Å². The SMILES string of the molecule is COc1ccc(C2=C(O)C(=O)N(Cc3ccco3)C2c2ccc(F)cc2)cc1. The van der Waals surface area contributed by atoms with Crippen molar-refractivity contribution in [1.82, 2.24) is 4.90 Å². The first-order valence-corrected chi connectivity index (χ1v) is 8.75. The smallest absolute Gasteiger partial charge is 0.290 e. The number of carbonyl (C=O) groups is 1. The third-order valence-electron chi connectivity index (χ3n) is 4.80. The molecule has 1 N–H and O–H groups in total. The Morgan fingerprint density at radius 1 is 1.11 bits per heavy atom. The highest BCUT2D eigenvalue weighted by Gasteiger charge is 2.41. The molecule has 28 heavy (non-hydrogen) atoms. The van der Waals surface area contributed by atoms with E-state index >= 15 is 0 Å². The van der Waals surface area contributed by atoms with E-state index in [0.717, 1.165) is 0 Å². The topological polar surface area (TPSA) is 62.9 Å². The molecule has 6 heteroatoms. The lowest BCUT2D eigenvalue weighted by molar-refractivity contribution is -0.130. The molecule has 2 aromatic carbocycles. The summed E-state index contributed by atoms with van der Waals surface area (Å²) in [5, 5.41) is 10.7. The maximum Gasteiger partial charge on any atom is 0.290 e. The number of methoxy groups -OCH3 is 1. The van der Waals surface area contributed by atoms with Gasteiger partial charge in [-0.15, -0.1) is 0 Å². The lowest BCUT2D eigenvalue weighted by Crippen LogP contribution is -2.29. The summed E-state index contributed by atoms with van der Waals surface area (Å²) in [6.07, 6.45) is 1.53. The molecule has 4 rings (SSSR count). The van der Waals surface area contributed by atoms with Gasteiger partial charge in [-0.25, -0.2) is 4.39 Å². The first-order chi connectivity index (χ1) is 13.6. The summed E-state index contributed by atoms with van der Waals surface area (Å²) >= 11 is 0. The average Bonchev–Trinajstić information content (AvgIpc) is 3.31. The van der Waals surface area contributed by atoms with E-state index < -0.39 is 11.9 Å². The van der Waals surface area contributed by atoms with Crippen molar-refractivity contribution in [2.75, 3.05) is 7.11 Å². The lowest BCUT2D eigenvalue weighted by atomic mass is 9.93. The van der Waals surface area contributed by atoms with E-state index in [2.05, 4.69) is 0 Å². The minimum absolute atomic E-state index is 0.178. The number of ether oxygens (including phenoxy) is 1. The largest absolute Gasteiger partial charge is 0.503 e. The van der Waals surface area contributed by atoms with E-state index in [-0.39, 0.29) is 18.1 Å². The molecule has 0 aliphatic carbocycles. The molecule has 0 spiro atoms. The number of aliphatic hydroxyl groups excluding tert-OH is 1. The minimum atomic E-state index is -0.577. The number of carbonyl (C=O) groups excluding carboxylic acids is 1. The number of nitrogens with zero attached hydrogens (tertiary/aromatic N) is 1. The molecular formula is C22H18FNO4. The second-order valence-corrected chi connectivity index (χ2v) is 6.46. The number of amides is 1. The van der Waals surface area contributed by atoms with Crippen LogP contribution in [0.15, 0.2) is 77.1 Å². The molecule has 1 aliphatic heterocycles. The summed E-state index contributed by atoms with van der Waals surface area (Å²) in [6, 6.07) is 15.9. The summed E-state index contributed by atoms with van der Waals surface area (Å²) in [5.74, 6) is 0.0515. The molecule has 1 amide bonds. The molecule has 142 valence electrons. The molecule has 1 aliphatic rings. The summed E-state index contributed by atoms with van der Waals surface area (Å²) in [6.45, 7) is 0.178. The predicted molar refractivity (Wildman–Crippen MR) is 101 cm³/mol. The van der Waals surface area contributed by atoms with Gasteiger partial charge in [0.2, 0.25) is 0 Å². The van der Waals surface area contributed by atoms with Crippen LogP contribution in [0, 0.1) is 5.82 Å². The van der Waals surface area contributed by atoms with Crippen LogP contribution >= 0.6 is 0 Å². The van der Waals surface area contributed by atoms with Crippen molar-refractivity contribution >= 4 is 11.5 Å². The maximum atomic E-state index is 13.5. The van der Waals surface area contributed by atoms with Crippen LogP contribution in [0.3, 0.4) is 0 Å². The van der Waals surface area contributed by atoms with Gasteiger partial charge in [-0.2, -0.15) is 0 Å². The Bertz CT molecular complexity index is 1010. The Labute approximate surface area is 161 Å². The van der Waals surface area contributed by atoms with Crippen LogP contribution in [0.4, 0.5) is 4.39 Å². The average molecular weight is 379 g/mol. The number of rotatable bonds is 5. The second kappa shape index (κ2) is 7.23. The summed E-state index contributed by atoms with van der Waals surface area (Å²) in [4.78, 5) is 14.4. The van der Waals surface area contributed by atoms with Crippen LogP contribution in [-0.4, -0.2) is 23.0 Å². The quantitative estimate of drug-likeness (QED) is 0.710. The van der Waals surface area contributed by atoms with Crippen molar-refractivity contribution in [2.24, 2.45) is 0 Å². The molecule has 2 heterocycles. The summed E-state index contributed by atoms with van der Waals surface area (Å²) in [5.41, 5.74) is 1.84. The summed E-state index contributed by atoms with van der Waals surface area (Å²) in [7, 11) is 1.57. The number of halogens is 1. The van der Waals surface area contributed by atoms with E-state index in [4.69, 9.17) is 9.15 Å². The molecule has 0 radical (unpaired) electrons. The van der Waals surface area contributed by atoms with Crippen LogP contribution in [0.1, 0.15) is 22.9 Å². The Balaban J connectivity index is 1.80. The Hall–Kier alpha value is -3.54. The fourth-order valence-corrected chi connectivity index (χ4v) is 3.44. The Kier molecular flexibility index (Phi) is 4.61. The van der Waals surface area contributed by atoms with Crippen molar-refractivity contribution in [2.45, 2.75) is 12.6 Å². The van der Waals surface area contributed by atoms with Crippen LogP contribution in [0.5, 0.6) is 5.75 Å². The van der Waals surface area contributed by atoms with Crippen LogP contribution < -0.4 is 4.74 Å². The van der Waals surface area contributed by atoms with E-state index in [9.17, 15) is 14.3 Å². The summed E-state index contributed by atoms with van der Waals surface area (Å²) < 4.78 is 24.0. The van der Waals surface area contributed by atoms with Gasteiger partial charge in [-0.3, -0.25) is 4.79 Å². The standard InChI is InChI=1S/C22H18FNO4/c1-27-17-10-6-14(7-11-17)19-20(15-4-8-16(23)9-5-15)24(22(26)21(19)25)13-18-3-2-12-28-18/h2-12,20,25H,13H2,1H3. The van der Waals surface area contributed by atoms with E-state index in [1.165, 1.54) is 23.3 Å². The van der Waals surface area contributed by atoms with E-state index in [0.29, 0.717) is 28.2 Å². The predicted octanol–water partition coefficient (Wildman–Crippen LogP) is 4.48. The molecule has 0 fully saturated rings. The molecule has 1 atom stereocenters. The molecule has 5 nitrogen and oxygen atoms in total. The Morgan fingerprint density at radius 2 is 1.82 bits per heavy atom. The van der Waals surface area contributed by atoms with Crippen molar-refractivity contribution in [3.8, 4) is 5.75 Å². The first-order valence-electron chi connectivity index (χ1n) is 8.75. The fourth-order valence-electron chi connectivity index (χ4n) is 3.44. The molecule has 0 bridgehead atoms. The van der Waals surface area contributed by atoms with Gasteiger partial charge >= 0.3 is 0 Å². The van der Waals surface area contributed by atoms with E-state index in [1.807, 2.05) is 0 Å². The number of hydrogen-bond donors (Lipinski definition) is 1. The zero-order chi connectivity index (χ0) is 19.7. The van der Waals surface area contributed by atoms with Crippen LogP contribution in [0.2, 0.25) is 0 Å². The van der Waals surface area contributed by atoms with Gasteiger partial charge in [-0.1, -0.05) is 24.3 Å². The van der Waals surface area contributed by atoms with Crippen molar-refractivity contribution in [1.29, 1.82) is 0 Å². The van der Waals surface area contributed by atoms with Crippen molar-refractivity contribution in [3.63, 3.8) is 0 Å². The van der Waals surface area contributed by atoms with Gasteiger partial charge in [0.25, 0.3) is 5.91 Å². The monoisotopic (exact) mass is 379 g/mol. The molecule has 1 aromatic heterocycles. The zero-order valence-corrected chi connectivity index (χ0v) is 15.1.